The van der Waals surface area contributed by atoms with E-state index in [4.69, 9.17) is 0 Å². The Morgan fingerprint density at radius 2 is 2.18 bits per heavy atom. The van der Waals surface area contributed by atoms with Crippen molar-refractivity contribution in [3.05, 3.63) is 16.3 Å². The predicted octanol–water partition coefficient (Wildman–Crippen LogP) is 3.63. The average molecular weight is 339 g/mol. The monoisotopic (exact) mass is 339 g/mol. The molecule has 0 N–H and O–H groups in total. The zero-order valence-electron chi connectivity index (χ0n) is 13.2. The molecule has 0 saturated carbocycles. The van der Waals surface area contributed by atoms with E-state index >= 15 is 0 Å². The summed E-state index contributed by atoms with van der Waals surface area (Å²) in [5.41, 5.74) is 1.11. The molecular weight excluding hydrogens is 318 g/mol. The van der Waals surface area contributed by atoms with Crippen LogP contribution in [0.3, 0.4) is 0 Å². The molecule has 2 heterocycles. The first-order valence-corrected chi connectivity index (χ1v) is 9.26. The Morgan fingerprint density at radius 1 is 1.36 bits per heavy atom. The number of thioether (sulfide) groups is 1. The normalized spacial score (nSPS) is 10.9. The lowest BCUT2D eigenvalue weighted by atomic mass is 10.2. The number of carbonyl (C=O) groups is 1. The van der Waals surface area contributed by atoms with Gasteiger partial charge in [0, 0.05) is 22.4 Å². The molecule has 0 atom stereocenters. The van der Waals surface area contributed by atoms with E-state index in [1.54, 1.807) is 11.3 Å². The maximum Gasteiger partial charge on any atom is 0.316 e. The van der Waals surface area contributed by atoms with Gasteiger partial charge >= 0.3 is 5.97 Å². The standard InChI is InChI=1S/C15H21N3O2S2/c1-4-6-12-8-11(9-21-12)14-16-17-15(18(14)7-5-2)22-10-13(19)20-3/h8-9H,4-7,10H2,1-3H3. The van der Waals surface area contributed by atoms with Gasteiger partial charge in [-0.15, -0.1) is 21.5 Å². The molecule has 22 heavy (non-hydrogen) atoms. The van der Waals surface area contributed by atoms with Crippen LogP contribution < -0.4 is 0 Å². The lowest BCUT2D eigenvalue weighted by molar-refractivity contribution is -0.137. The first-order chi connectivity index (χ1) is 10.7. The lowest BCUT2D eigenvalue weighted by Gasteiger charge is -2.07. The first kappa shape index (κ1) is 17.0. The highest BCUT2D eigenvalue weighted by Crippen LogP contribution is 2.28. The molecule has 0 amide bonds. The molecule has 5 nitrogen and oxygen atoms in total. The van der Waals surface area contributed by atoms with Crippen molar-refractivity contribution >= 4 is 29.1 Å². The summed E-state index contributed by atoms with van der Waals surface area (Å²) >= 11 is 3.14. The first-order valence-electron chi connectivity index (χ1n) is 7.40. The van der Waals surface area contributed by atoms with Crippen molar-refractivity contribution in [1.82, 2.24) is 14.8 Å². The van der Waals surface area contributed by atoms with Crippen molar-refractivity contribution in [3.63, 3.8) is 0 Å². The molecule has 0 saturated heterocycles. The van der Waals surface area contributed by atoms with Gasteiger partial charge in [-0.05, 0) is 18.9 Å². The van der Waals surface area contributed by atoms with Gasteiger partial charge in [-0.2, -0.15) is 0 Å². The number of nitrogens with zero attached hydrogens (tertiary/aromatic N) is 3. The molecule has 0 fully saturated rings. The molecule has 0 aromatic carbocycles. The minimum Gasteiger partial charge on any atom is -0.468 e. The highest BCUT2D eigenvalue weighted by Gasteiger charge is 2.16. The van der Waals surface area contributed by atoms with Crippen molar-refractivity contribution in [3.8, 4) is 11.4 Å². The molecule has 0 aliphatic carbocycles. The Bertz CT molecular complexity index is 622. The summed E-state index contributed by atoms with van der Waals surface area (Å²) in [5, 5.41) is 11.5. The number of aryl methyl sites for hydroxylation is 1. The molecule has 7 heteroatoms. The van der Waals surface area contributed by atoms with Crippen molar-refractivity contribution in [2.75, 3.05) is 12.9 Å². The second-order valence-electron chi connectivity index (χ2n) is 4.87. The maximum atomic E-state index is 11.3. The van der Waals surface area contributed by atoms with Crippen LogP contribution >= 0.6 is 23.1 Å². The number of methoxy groups -OCH3 is 1. The van der Waals surface area contributed by atoms with Gasteiger partial charge in [-0.3, -0.25) is 4.79 Å². The molecule has 0 unspecified atom stereocenters. The average Bonchev–Trinajstić information content (AvgIpc) is 3.12. The van der Waals surface area contributed by atoms with E-state index in [1.165, 1.54) is 23.7 Å². The number of esters is 1. The van der Waals surface area contributed by atoms with E-state index in [9.17, 15) is 4.79 Å². The molecule has 0 bridgehead atoms. The van der Waals surface area contributed by atoms with E-state index in [1.807, 2.05) is 0 Å². The second kappa shape index (κ2) is 8.33. The van der Waals surface area contributed by atoms with Crippen LogP contribution in [0.25, 0.3) is 11.4 Å². The third kappa shape index (κ3) is 4.10. The topological polar surface area (TPSA) is 57.0 Å². The Balaban J connectivity index is 2.22. The molecule has 0 aliphatic heterocycles. The molecule has 0 spiro atoms. The van der Waals surface area contributed by atoms with Gasteiger partial charge in [0.25, 0.3) is 0 Å². The number of aromatic nitrogens is 3. The third-order valence-electron chi connectivity index (χ3n) is 3.12. The van der Waals surface area contributed by atoms with Gasteiger partial charge in [-0.1, -0.05) is 32.0 Å². The molecule has 0 aliphatic rings. The van der Waals surface area contributed by atoms with Crippen LogP contribution in [0.1, 0.15) is 31.6 Å². The number of hydrogen-bond acceptors (Lipinski definition) is 6. The maximum absolute atomic E-state index is 11.3. The Labute approximate surface area is 139 Å². The second-order valence-corrected chi connectivity index (χ2v) is 6.81. The summed E-state index contributed by atoms with van der Waals surface area (Å²) in [6.07, 6.45) is 3.22. The zero-order valence-corrected chi connectivity index (χ0v) is 14.8. The van der Waals surface area contributed by atoms with Crippen molar-refractivity contribution < 1.29 is 9.53 Å². The largest absolute Gasteiger partial charge is 0.468 e. The smallest absolute Gasteiger partial charge is 0.316 e. The minimum atomic E-state index is -0.252. The van der Waals surface area contributed by atoms with Crippen LogP contribution in [0, 0.1) is 0 Å². The molecular formula is C15H21N3O2S2. The number of rotatable bonds is 8. The van der Waals surface area contributed by atoms with Gasteiger partial charge in [-0.25, -0.2) is 0 Å². The van der Waals surface area contributed by atoms with E-state index in [-0.39, 0.29) is 11.7 Å². The molecule has 2 aromatic heterocycles. The highest BCUT2D eigenvalue weighted by molar-refractivity contribution is 7.99. The molecule has 0 radical (unpaired) electrons. The van der Waals surface area contributed by atoms with Gasteiger partial charge in [0.15, 0.2) is 11.0 Å². The summed E-state index contributed by atoms with van der Waals surface area (Å²) in [4.78, 5) is 12.7. The predicted molar refractivity (Wildman–Crippen MR) is 90.4 cm³/mol. The Kier molecular flexibility index (Phi) is 6.45. The van der Waals surface area contributed by atoms with Gasteiger partial charge < -0.3 is 9.30 Å². The number of thiophene rings is 1. The van der Waals surface area contributed by atoms with Crippen molar-refractivity contribution in [2.24, 2.45) is 0 Å². The fourth-order valence-electron chi connectivity index (χ4n) is 2.09. The van der Waals surface area contributed by atoms with E-state index in [2.05, 4.69) is 44.8 Å². The summed E-state index contributed by atoms with van der Waals surface area (Å²) < 4.78 is 6.77. The van der Waals surface area contributed by atoms with Gasteiger partial charge in [0.1, 0.15) is 0 Å². The Hall–Kier alpha value is -1.34. The zero-order chi connectivity index (χ0) is 15.9. The summed E-state index contributed by atoms with van der Waals surface area (Å²) in [5.74, 6) is 0.884. The summed E-state index contributed by atoms with van der Waals surface area (Å²) in [7, 11) is 1.39. The van der Waals surface area contributed by atoms with E-state index < -0.39 is 0 Å². The van der Waals surface area contributed by atoms with Crippen LogP contribution in [0.5, 0.6) is 0 Å². The van der Waals surface area contributed by atoms with Gasteiger partial charge in [0.05, 0.1) is 12.9 Å². The molecule has 2 aromatic rings. The van der Waals surface area contributed by atoms with Gasteiger partial charge in [0.2, 0.25) is 0 Å². The lowest BCUT2D eigenvalue weighted by Crippen LogP contribution is -2.06. The molecule has 2 rings (SSSR count). The molecule has 120 valence electrons. The number of ether oxygens (including phenoxy) is 1. The third-order valence-corrected chi connectivity index (χ3v) is 5.06. The SMILES string of the molecule is CCCc1cc(-c2nnc(SCC(=O)OC)n2CCC)cs1. The van der Waals surface area contributed by atoms with E-state index in [0.29, 0.717) is 0 Å². The minimum absolute atomic E-state index is 0.252. The van der Waals surface area contributed by atoms with Crippen LogP contribution in [0.2, 0.25) is 0 Å². The van der Waals surface area contributed by atoms with Crippen LogP contribution in [-0.2, 0) is 22.5 Å². The fraction of sp³-hybridized carbons (Fsp3) is 0.533. The van der Waals surface area contributed by atoms with Crippen LogP contribution in [0.15, 0.2) is 16.6 Å². The number of carbonyl (C=O) groups excluding carboxylic acids is 1. The van der Waals surface area contributed by atoms with Crippen molar-refractivity contribution in [1.29, 1.82) is 0 Å². The van der Waals surface area contributed by atoms with Crippen LogP contribution in [-0.4, -0.2) is 33.6 Å². The highest BCUT2D eigenvalue weighted by atomic mass is 32.2. The Morgan fingerprint density at radius 3 is 2.86 bits per heavy atom. The van der Waals surface area contributed by atoms with E-state index in [0.717, 1.165) is 42.4 Å². The quantitative estimate of drug-likeness (QED) is 0.543. The number of hydrogen-bond donors (Lipinski definition) is 0. The summed E-state index contributed by atoms with van der Waals surface area (Å²) in [6.45, 7) is 5.14. The van der Waals surface area contributed by atoms with Crippen molar-refractivity contribution in [2.45, 2.75) is 44.8 Å². The fourth-order valence-corrected chi connectivity index (χ4v) is 3.86. The summed E-state index contributed by atoms with van der Waals surface area (Å²) in [6, 6.07) is 2.19. The van der Waals surface area contributed by atoms with Crippen LogP contribution in [0.4, 0.5) is 0 Å².